The monoisotopic (exact) mass is 679 g/mol. The van der Waals surface area contributed by atoms with Crippen molar-refractivity contribution in [1.82, 2.24) is 0 Å². The van der Waals surface area contributed by atoms with Crippen LogP contribution in [-0.2, 0) is 0 Å². The van der Waals surface area contributed by atoms with E-state index in [2.05, 4.69) is 205 Å². The zero-order valence-electron chi connectivity index (χ0n) is 28.4. The molecule has 0 unspecified atom stereocenters. The summed E-state index contributed by atoms with van der Waals surface area (Å²) in [6, 6.07) is 73.0. The number of fused-ring (bicyclic) bond motifs is 5. The normalized spacial score (nSPS) is 11.5. The Bertz CT molecular complexity index is 2900. The van der Waals surface area contributed by atoms with Gasteiger partial charge in [-0.1, -0.05) is 146 Å². The van der Waals surface area contributed by atoms with Crippen molar-refractivity contribution in [2.24, 2.45) is 0 Å². The minimum atomic E-state index is 1.12. The summed E-state index contributed by atoms with van der Waals surface area (Å²) in [7, 11) is 0. The zero-order chi connectivity index (χ0) is 34.4. The first-order chi connectivity index (χ1) is 25.8. The molecule has 0 spiro atoms. The van der Waals surface area contributed by atoms with Crippen LogP contribution in [0.1, 0.15) is 0 Å². The van der Waals surface area contributed by atoms with E-state index >= 15 is 0 Å². The number of thiophene rings is 1. The van der Waals surface area contributed by atoms with E-state index < -0.39 is 0 Å². The van der Waals surface area contributed by atoms with Crippen molar-refractivity contribution >= 4 is 70.1 Å². The van der Waals surface area contributed by atoms with E-state index in [4.69, 9.17) is 0 Å². The van der Waals surface area contributed by atoms with Crippen LogP contribution in [-0.4, -0.2) is 0 Å². The number of para-hydroxylation sites is 1. The fourth-order valence-electron chi connectivity index (χ4n) is 7.66. The lowest BCUT2D eigenvalue weighted by Crippen LogP contribution is -2.11. The van der Waals surface area contributed by atoms with Crippen molar-refractivity contribution in [3.63, 3.8) is 0 Å². The molecule has 52 heavy (non-hydrogen) atoms. The highest BCUT2D eigenvalue weighted by atomic mass is 32.1. The molecule has 244 valence electrons. The Kier molecular flexibility index (Phi) is 7.41. The van der Waals surface area contributed by atoms with Crippen LogP contribution in [0.5, 0.6) is 0 Å². The molecule has 0 aliphatic rings. The van der Waals surface area contributed by atoms with Gasteiger partial charge in [0.25, 0.3) is 0 Å². The molecular weight excluding hydrogens is 647 g/mol. The van der Waals surface area contributed by atoms with E-state index in [0.717, 1.165) is 11.4 Å². The van der Waals surface area contributed by atoms with Crippen molar-refractivity contribution < 1.29 is 0 Å². The van der Waals surface area contributed by atoms with Crippen LogP contribution >= 0.6 is 11.3 Å². The van der Waals surface area contributed by atoms with E-state index in [0.29, 0.717) is 0 Å². The van der Waals surface area contributed by atoms with E-state index in [1.54, 1.807) is 0 Å². The molecule has 0 radical (unpaired) electrons. The molecule has 1 aromatic heterocycles. The lowest BCUT2D eigenvalue weighted by molar-refractivity contribution is 1.30. The average molecular weight is 680 g/mol. The molecule has 0 amide bonds. The van der Waals surface area contributed by atoms with E-state index in [9.17, 15) is 0 Å². The maximum absolute atomic E-state index is 2.45. The maximum atomic E-state index is 2.45. The predicted octanol–water partition coefficient (Wildman–Crippen LogP) is 14.8. The molecule has 0 saturated heterocycles. The van der Waals surface area contributed by atoms with Crippen molar-refractivity contribution in [2.45, 2.75) is 0 Å². The van der Waals surface area contributed by atoms with Gasteiger partial charge in [0, 0.05) is 31.4 Å². The Hall–Kier alpha value is -6.48. The molecule has 0 N–H and O–H groups in total. The molecule has 0 aliphatic carbocycles. The second-order valence-electron chi connectivity index (χ2n) is 13.4. The fourth-order valence-corrected chi connectivity index (χ4v) is 8.79. The summed E-state index contributed by atoms with van der Waals surface area (Å²) in [6.45, 7) is 0. The molecule has 2 heteroatoms. The van der Waals surface area contributed by atoms with Crippen molar-refractivity contribution in [3.8, 4) is 33.4 Å². The smallest absolute Gasteiger partial charge is 0.0555 e. The Balaban J connectivity index is 1.09. The summed E-state index contributed by atoms with van der Waals surface area (Å²) < 4.78 is 2.59. The zero-order valence-corrected chi connectivity index (χ0v) is 29.2. The predicted molar refractivity (Wildman–Crippen MR) is 225 cm³/mol. The summed E-state index contributed by atoms with van der Waals surface area (Å²) in [5.41, 5.74) is 10.7. The first kappa shape index (κ1) is 30.4. The number of nitrogens with zero attached hydrogens (tertiary/aromatic N) is 1. The molecule has 1 heterocycles. The summed E-state index contributed by atoms with van der Waals surface area (Å²) >= 11 is 1.86. The van der Waals surface area contributed by atoms with Gasteiger partial charge in [-0.05, 0) is 104 Å². The Morgan fingerprint density at radius 1 is 0.327 bits per heavy atom. The number of rotatable bonds is 6. The summed E-state index contributed by atoms with van der Waals surface area (Å²) in [5.74, 6) is 0. The van der Waals surface area contributed by atoms with Gasteiger partial charge in [-0.3, -0.25) is 0 Å². The van der Waals surface area contributed by atoms with Gasteiger partial charge in [-0.15, -0.1) is 11.3 Å². The SMILES string of the molecule is c1ccc(-c2ccccc2N(c2ccc(-c3ccc4ccc(-c5ccc6ccccc6c5)cc4c3)cc2)c2cccc3sc4ccccc4c23)cc1. The largest absolute Gasteiger partial charge is 0.309 e. The van der Waals surface area contributed by atoms with Crippen LogP contribution < -0.4 is 4.90 Å². The number of hydrogen-bond acceptors (Lipinski definition) is 2. The third-order valence-corrected chi connectivity index (χ3v) is 11.4. The highest BCUT2D eigenvalue weighted by Crippen LogP contribution is 2.47. The van der Waals surface area contributed by atoms with E-state index in [-0.39, 0.29) is 0 Å². The third-order valence-electron chi connectivity index (χ3n) is 10.2. The number of hydrogen-bond donors (Lipinski definition) is 0. The van der Waals surface area contributed by atoms with E-state index in [1.165, 1.54) is 80.8 Å². The molecule has 9 aromatic carbocycles. The van der Waals surface area contributed by atoms with Crippen molar-refractivity contribution in [1.29, 1.82) is 0 Å². The molecule has 10 aromatic rings. The highest BCUT2D eigenvalue weighted by molar-refractivity contribution is 7.26. The Morgan fingerprint density at radius 2 is 0.885 bits per heavy atom. The molecule has 0 aliphatic heterocycles. The molecule has 0 bridgehead atoms. The molecule has 10 rings (SSSR count). The van der Waals surface area contributed by atoms with Crippen molar-refractivity contribution in [3.05, 3.63) is 200 Å². The fraction of sp³-hybridized carbons (Fsp3) is 0. The van der Waals surface area contributed by atoms with Gasteiger partial charge in [-0.25, -0.2) is 0 Å². The average Bonchev–Trinajstić information content (AvgIpc) is 3.61. The summed E-state index contributed by atoms with van der Waals surface area (Å²) in [6.07, 6.45) is 0. The summed E-state index contributed by atoms with van der Waals surface area (Å²) in [5, 5.41) is 7.58. The van der Waals surface area contributed by atoms with Crippen LogP contribution in [0.15, 0.2) is 200 Å². The van der Waals surface area contributed by atoms with Crippen molar-refractivity contribution in [2.75, 3.05) is 4.90 Å². The minimum absolute atomic E-state index is 1.12. The molecular formula is C50H33NS. The minimum Gasteiger partial charge on any atom is -0.309 e. The Labute approximate surface area is 307 Å². The van der Waals surface area contributed by atoms with Gasteiger partial charge in [-0.2, -0.15) is 0 Å². The van der Waals surface area contributed by atoms with Crippen LogP contribution in [0.2, 0.25) is 0 Å². The second-order valence-corrected chi connectivity index (χ2v) is 14.4. The van der Waals surface area contributed by atoms with Gasteiger partial charge < -0.3 is 4.90 Å². The van der Waals surface area contributed by atoms with Crippen LogP contribution in [0.25, 0.3) is 75.1 Å². The van der Waals surface area contributed by atoms with Gasteiger partial charge in [0.05, 0.1) is 11.4 Å². The lowest BCUT2D eigenvalue weighted by atomic mass is 9.96. The van der Waals surface area contributed by atoms with Gasteiger partial charge in [0.2, 0.25) is 0 Å². The van der Waals surface area contributed by atoms with Gasteiger partial charge >= 0.3 is 0 Å². The first-order valence-corrected chi connectivity index (χ1v) is 18.6. The topological polar surface area (TPSA) is 3.24 Å². The van der Waals surface area contributed by atoms with Gasteiger partial charge in [0.1, 0.15) is 0 Å². The maximum Gasteiger partial charge on any atom is 0.0555 e. The number of benzene rings is 9. The third kappa shape index (κ3) is 5.33. The quantitative estimate of drug-likeness (QED) is 0.169. The second kappa shape index (κ2) is 12.7. The van der Waals surface area contributed by atoms with E-state index in [1.807, 2.05) is 11.3 Å². The first-order valence-electron chi connectivity index (χ1n) is 17.8. The summed E-state index contributed by atoms with van der Waals surface area (Å²) in [4.78, 5) is 2.45. The molecule has 0 fully saturated rings. The van der Waals surface area contributed by atoms with Crippen LogP contribution in [0.4, 0.5) is 17.1 Å². The molecule has 1 nitrogen and oxygen atoms in total. The van der Waals surface area contributed by atoms with Gasteiger partial charge in [0.15, 0.2) is 0 Å². The van der Waals surface area contributed by atoms with Crippen LogP contribution in [0.3, 0.4) is 0 Å². The number of anilines is 3. The standard InChI is InChI=1S/C50H33NS/c1-2-12-37(13-3-1)44-15-6-8-17-46(44)51(47-18-10-20-49-50(47)45-16-7-9-19-48(45)52-49)43-29-27-35(28-30-43)39-24-22-36-23-26-41(33-42(36)32-39)40-25-21-34-11-4-5-14-38(34)31-40/h1-33H. The Morgan fingerprint density at radius 3 is 1.67 bits per heavy atom. The highest BCUT2D eigenvalue weighted by Gasteiger charge is 2.21. The lowest BCUT2D eigenvalue weighted by Gasteiger charge is -2.29. The molecule has 0 saturated carbocycles. The molecule has 0 atom stereocenters. The van der Waals surface area contributed by atoms with Crippen LogP contribution in [0, 0.1) is 0 Å².